The number of carbonyl (C=O) groups is 5. The molecule has 0 spiro atoms. The van der Waals surface area contributed by atoms with Crippen molar-refractivity contribution in [3.63, 3.8) is 0 Å². The van der Waals surface area contributed by atoms with Gasteiger partial charge in [0.2, 0.25) is 23.6 Å². The van der Waals surface area contributed by atoms with E-state index in [2.05, 4.69) is 5.32 Å². The lowest BCUT2D eigenvalue weighted by Gasteiger charge is -2.39. The highest BCUT2D eigenvalue weighted by molar-refractivity contribution is 8.01. The molecule has 334 valence electrons. The fourth-order valence-electron chi connectivity index (χ4n) is 8.28. The first-order valence-corrected chi connectivity index (χ1v) is 22.7. The number of hydrogen-bond acceptors (Lipinski definition) is 10. The number of methoxy groups -OCH3 is 1. The second-order valence-corrected chi connectivity index (χ2v) is 19.7. The monoisotopic (exact) mass is 855 g/mol. The van der Waals surface area contributed by atoms with E-state index >= 15 is 0 Å². The van der Waals surface area contributed by atoms with Crippen LogP contribution in [0.3, 0.4) is 0 Å². The van der Waals surface area contributed by atoms with Crippen molar-refractivity contribution in [1.82, 2.24) is 20.0 Å². The van der Waals surface area contributed by atoms with Gasteiger partial charge in [-0.2, -0.15) is 0 Å². The number of aliphatic hydroxyl groups is 1. The van der Waals surface area contributed by atoms with Crippen molar-refractivity contribution in [2.24, 2.45) is 28.2 Å². The molecule has 4 amide bonds. The van der Waals surface area contributed by atoms with Crippen molar-refractivity contribution in [3.05, 3.63) is 41.5 Å². The van der Waals surface area contributed by atoms with E-state index in [9.17, 15) is 33.3 Å². The molecule has 14 nitrogen and oxygen atoms in total. The Bertz CT molecular complexity index is 1810. The average molecular weight is 856 g/mol. The molecule has 3 heterocycles. The van der Waals surface area contributed by atoms with E-state index in [1.54, 1.807) is 70.2 Å². The maximum atomic E-state index is 14.6. The van der Waals surface area contributed by atoms with Gasteiger partial charge in [-0.05, 0) is 74.5 Å². The minimum absolute atomic E-state index is 0.100. The van der Waals surface area contributed by atoms with Crippen LogP contribution < -0.4 is 10.1 Å². The van der Waals surface area contributed by atoms with Gasteiger partial charge in [-0.3, -0.25) is 28.4 Å². The van der Waals surface area contributed by atoms with E-state index in [1.807, 2.05) is 41.5 Å². The number of rotatable bonds is 5. The second-order valence-electron chi connectivity index (χ2n) is 18.3. The highest BCUT2D eigenvalue weighted by Crippen LogP contribution is 2.33. The summed E-state index contributed by atoms with van der Waals surface area (Å²) >= 11 is 0. The Morgan fingerprint density at radius 1 is 1.00 bits per heavy atom. The third kappa shape index (κ3) is 11.6. The van der Waals surface area contributed by atoms with Gasteiger partial charge in [-0.15, -0.1) is 0 Å². The zero-order valence-electron chi connectivity index (χ0n) is 37.7. The van der Waals surface area contributed by atoms with Crippen molar-refractivity contribution < 1.29 is 42.8 Å². The van der Waals surface area contributed by atoms with E-state index in [1.165, 1.54) is 16.8 Å². The highest BCUT2D eigenvalue weighted by Gasteiger charge is 2.45. The molecular weight excluding hydrogens is 787 g/mol. The van der Waals surface area contributed by atoms with Crippen molar-refractivity contribution in [3.8, 4) is 5.75 Å². The Morgan fingerprint density at radius 3 is 2.25 bits per heavy atom. The van der Waals surface area contributed by atoms with Gasteiger partial charge in [0, 0.05) is 38.6 Å². The van der Waals surface area contributed by atoms with E-state index in [4.69, 9.17) is 14.5 Å². The third-order valence-electron chi connectivity index (χ3n) is 12.6. The standard InChI is InChI=1S/C45H69N5O9S/c1-13-27(3)38-43(55)50-20-14-15-35(50)44(56)59-37(45(7,8)9)22-26(2)21-36(51)29(5)40-46-32(25-60(40)57)23-28(4)39(52)47-34(24-31-16-18-33(58-12)19-17-31)42(54)48(10)30(6)41(53)49(38)11/h16-19,23,26-27,29-30,32,34-38,51H,13-15,20-22,24-25H2,1-12H3,(H,47,52)/t26-,27-,29-,30-,32-,34-,35-,36-,37-,38-,60?/m0/s1. The molecule has 60 heavy (non-hydrogen) atoms. The number of hydrogen-bond donors (Lipinski definition) is 2. The molecule has 0 aliphatic carbocycles. The number of ether oxygens (including phenoxy) is 2. The van der Waals surface area contributed by atoms with Crippen LogP contribution in [-0.2, 0) is 45.9 Å². The van der Waals surface area contributed by atoms with Crippen LogP contribution in [0.5, 0.6) is 5.75 Å². The molecule has 1 saturated heterocycles. The average Bonchev–Trinajstić information content (AvgIpc) is 3.85. The number of benzene rings is 1. The molecular formula is C45H69N5O9S. The first-order chi connectivity index (χ1) is 28.1. The Hall–Kier alpha value is -4.11. The lowest BCUT2D eigenvalue weighted by atomic mass is 9.81. The van der Waals surface area contributed by atoms with Crippen molar-refractivity contribution in [2.75, 3.05) is 33.5 Å². The number of cyclic esters (lactones) is 1. The summed E-state index contributed by atoms with van der Waals surface area (Å²) in [4.78, 5) is 80.1. The van der Waals surface area contributed by atoms with Gasteiger partial charge < -0.3 is 34.6 Å². The number of esters is 1. The molecule has 0 radical (unpaired) electrons. The summed E-state index contributed by atoms with van der Waals surface area (Å²) in [5.74, 6) is -2.53. The van der Waals surface area contributed by atoms with Gasteiger partial charge in [0.1, 0.15) is 41.1 Å². The number of amides is 4. The molecule has 3 aliphatic heterocycles. The summed E-state index contributed by atoms with van der Waals surface area (Å²) < 4.78 is 24.9. The molecule has 3 aliphatic rings. The maximum absolute atomic E-state index is 14.6. The largest absolute Gasteiger partial charge is 0.497 e. The van der Waals surface area contributed by atoms with Crippen molar-refractivity contribution in [1.29, 1.82) is 0 Å². The molecule has 15 heteroatoms. The summed E-state index contributed by atoms with van der Waals surface area (Å²) in [5.41, 5.74) is 0.547. The van der Waals surface area contributed by atoms with Crippen LogP contribution in [0.4, 0.5) is 0 Å². The molecule has 1 fully saturated rings. The van der Waals surface area contributed by atoms with Crippen LogP contribution in [0.15, 0.2) is 40.9 Å². The zero-order chi connectivity index (χ0) is 44.8. The highest BCUT2D eigenvalue weighted by atomic mass is 32.2. The number of fused-ring (bicyclic) bond motifs is 2. The fraction of sp³-hybridized carbons (Fsp3) is 0.689. The third-order valence-corrected chi connectivity index (χ3v) is 14.2. The Kier molecular flexibility index (Phi) is 16.7. The number of aliphatic hydroxyl groups excluding tert-OH is 1. The van der Waals surface area contributed by atoms with Crippen LogP contribution in [0.2, 0.25) is 0 Å². The molecule has 0 aromatic heterocycles. The van der Waals surface area contributed by atoms with E-state index in [0.29, 0.717) is 49.4 Å². The lowest BCUT2D eigenvalue weighted by molar-refractivity contribution is -0.166. The van der Waals surface area contributed by atoms with Crippen molar-refractivity contribution in [2.45, 2.75) is 143 Å². The molecule has 1 aromatic rings. The van der Waals surface area contributed by atoms with Crippen LogP contribution in [0, 0.1) is 23.2 Å². The molecule has 1 unspecified atom stereocenters. The van der Waals surface area contributed by atoms with Gasteiger partial charge in [0.05, 0.1) is 35.8 Å². The Labute approximate surface area is 359 Å². The summed E-state index contributed by atoms with van der Waals surface area (Å²) in [6, 6.07) is 2.64. The molecule has 2 bridgehead atoms. The topological polar surface area (TPSA) is 175 Å². The van der Waals surface area contributed by atoms with Gasteiger partial charge in [-0.25, -0.2) is 4.79 Å². The smallest absolute Gasteiger partial charge is 0.329 e. The predicted octanol–water partition coefficient (Wildman–Crippen LogP) is 4.29. The van der Waals surface area contributed by atoms with Crippen LogP contribution >= 0.6 is 0 Å². The Morgan fingerprint density at radius 2 is 1.65 bits per heavy atom. The molecule has 2 N–H and O–H groups in total. The SMILES string of the molecule is CC[C@H](C)[C@H]1C(=O)N2CCC[C@H]2C(=O)O[C@H](C(C)(C)C)C[C@@H](C)C[C@H](O)[C@H](C)C2=N[C@@H](C=C(C)C(=O)N[C@@H](Cc3ccc(OC)cc3)C(=O)N(C)[C@@H](C)C(=O)N1C)CS2=O. The first-order valence-electron chi connectivity index (χ1n) is 21.4. The van der Waals surface area contributed by atoms with Gasteiger partial charge in [0.15, 0.2) is 0 Å². The van der Waals surface area contributed by atoms with E-state index in [0.717, 1.165) is 5.56 Å². The summed E-state index contributed by atoms with van der Waals surface area (Å²) in [7, 11) is 3.12. The van der Waals surface area contributed by atoms with Crippen LogP contribution in [0.1, 0.15) is 100.0 Å². The number of nitrogens with zero attached hydrogens (tertiary/aromatic N) is 4. The first kappa shape index (κ1) is 48.6. The predicted molar refractivity (Wildman–Crippen MR) is 233 cm³/mol. The summed E-state index contributed by atoms with van der Waals surface area (Å²) in [6.45, 7) is 17.1. The molecule has 0 saturated carbocycles. The summed E-state index contributed by atoms with van der Waals surface area (Å²) in [5, 5.41) is 14.7. The molecule has 1 aromatic carbocycles. The van der Waals surface area contributed by atoms with Gasteiger partial charge >= 0.3 is 5.97 Å². The van der Waals surface area contributed by atoms with Crippen LogP contribution in [0.25, 0.3) is 0 Å². The quantitative estimate of drug-likeness (QED) is 0.410. The molecule has 11 atom stereocenters. The second kappa shape index (κ2) is 20.6. The minimum Gasteiger partial charge on any atom is -0.497 e. The van der Waals surface area contributed by atoms with E-state index in [-0.39, 0.29) is 35.5 Å². The molecule has 4 rings (SSSR count). The number of carbonyl (C=O) groups excluding carboxylic acids is 5. The van der Waals surface area contributed by atoms with Crippen molar-refractivity contribution >= 4 is 45.4 Å². The maximum Gasteiger partial charge on any atom is 0.329 e. The Balaban J connectivity index is 1.76. The normalized spacial score (nSPS) is 31.7. The minimum atomic E-state index is -1.49. The fourth-order valence-corrected chi connectivity index (χ4v) is 9.75. The summed E-state index contributed by atoms with van der Waals surface area (Å²) in [6.07, 6.45) is 2.68. The number of nitrogens with one attached hydrogen (secondary N) is 1. The lowest BCUT2D eigenvalue weighted by Crippen LogP contribution is -2.59. The zero-order valence-corrected chi connectivity index (χ0v) is 38.5. The number of likely N-dealkylation sites (N-methyl/N-ethyl adjacent to an activating group) is 2. The van der Waals surface area contributed by atoms with Gasteiger partial charge in [0.25, 0.3) is 0 Å². The van der Waals surface area contributed by atoms with E-state index < -0.39 is 88.2 Å². The van der Waals surface area contributed by atoms with Crippen LogP contribution in [-0.4, -0.2) is 135 Å². The number of aliphatic imine (C=N–C) groups is 1. The van der Waals surface area contributed by atoms with Gasteiger partial charge in [-0.1, -0.05) is 73.1 Å².